The lowest BCUT2D eigenvalue weighted by atomic mass is 9.96. The van der Waals surface area contributed by atoms with Crippen molar-refractivity contribution >= 4 is 0 Å². The Balaban J connectivity index is 2.13. The largest absolute Gasteiger partial charge is 0.271 e. The third-order valence-electron chi connectivity index (χ3n) is 1.66. The maximum absolute atomic E-state index is 5.22. The molecule has 1 saturated carbocycles. The van der Waals surface area contributed by atoms with Gasteiger partial charge in [0.25, 0.3) is 0 Å². The molecule has 0 aliphatic heterocycles. The molecule has 47 valence electrons. The summed E-state index contributed by atoms with van der Waals surface area (Å²) in [6, 6.07) is 1.33. The SMILES string of the molecule is NN[C]1CCCCC1. The average Bonchev–Trinajstić information content (AvgIpc) is 1.90. The van der Waals surface area contributed by atoms with Gasteiger partial charge in [0.05, 0.1) is 6.04 Å². The minimum absolute atomic E-state index is 1.19. The number of nitrogens with one attached hydrogen (secondary N) is 1. The number of hydrazine groups is 1. The quantitative estimate of drug-likeness (QED) is 0.392. The maximum atomic E-state index is 5.22. The molecule has 2 heteroatoms. The van der Waals surface area contributed by atoms with Crippen LogP contribution in [-0.4, -0.2) is 0 Å². The van der Waals surface area contributed by atoms with Crippen LogP contribution in [0.5, 0.6) is 0 Å². The minimum atomic E-state index is 1.19. The molecule has 0 saturated heterocycles. The zero-order valence-electron chi connectivity index (χ0n) is 5.11. The molecule has 2 nitrogen and oxygen atoms in total. The van der Waals surface area contributed by atoms with Crippen molar-refractivity contribution in [3.63, 3.8) is 0 Å². The molecular weight excluding hydrogens is 100 g/mol. The molecule has 8 heavy (non-hydrogen) atoms. The van der Waals surface area contributed by atoms with Crippen LogP contribution in [0.4, 0.5) is 0 Å². The second-order valence-electron chi connectivity index (χ2n) is 2.31. The summed E-state index contributed by atoms with van der Waals surface area (Å²) >= 11 is 0. The topological polar surface area (TPSA) is 38.0 Å². The molecule has 1 rings (SSSR count). The molecule has 0 atom stereocenters. The lowest BCUT2D eigenvalue weighted by Gasteiger charge is -2.18. The van der Waals surface area contributed by atoms with Gasteiger partial charge in [-0.15, -0.1) is 0 Å². The van der Waals surface area contributed by atoms with Gasteiger partial charge in [-0.25, -0.2) is 0 Å². The van der Waals surface area contributed by atoms with Crippen molar-refractivity contribution in [1.82, 2.24) is 5.43 Å². The molecule has 0 aromatic carbocycles. The summed E-state index contributed by atoms with van der Waals surface area (Å²) in [6.45, 7) is 0. The van der Waals surface area contributed by atoms with Gasteiger partial charge in [-0.05, 0) is 12.8 Å². The minimum Gasteiger partial charge on any atom is -0.271 e. The van der Waals surface area contributed by atoms with Crippen molar-refractivity contribution in [1.29, 1.82) is 0 Å². The first-order valence-corrected chi connectivity index (χ1v) is 3.25. The van der Waals surface area contributed by atoms with Crippen molar-refractivity contribution in [2.24, 2.45) is 5.84 Å². The van der Waals surface area contributed by atoms with E-state index in [-0.39, 0.29) is 0 Å². The predicted octanol–water partition coefficient (Wildman–Crippen LogP) is 0.946. The summed E-state index contributed by atoms with van der Waals surface area (Å²) in [7, 11) is 0. The second-order valence-corrected chi connectivity index (χ2v) is 2.31. The van der Waals surface area contributed by atoms with Crippen molar-refractivity contribution < 1.29 is 0 Å². The van der Waals surface area contributed by atoms with Crippen LogP contribution in [0, 0.1) is 6.04 Å². The van der Waals surface area contributed by atoms with Crippen molar-refractivity contribution in [2.75, 3.05) is 0 Å². The smallest absolute Gasteiger partial charge is 0.0515 e. The highest BCUT2D eigenvalue weighted by Gasteiger charge is 2.10. The molecular formula is C6H13N2. The van der Waals surface area contributed by atoms with Gasteiger partial charge in [0.15, 0.2) is 0 Å². The van der Waals surface area contributed by atoms with Crippen LogP contribution < -0.4 is 11.3 Å². The van der Waals surface area contributed by atoms with E-state index in [1.165, 1.54) is 38.1 Å². The Morgan fingerprint density at radius 2 is 1.75 bits per heavy atom. The number of hydrogen-bond acceptors (Lipinski definition) is 2. The lowest BCUT2D eigenvalue weighted by molar-refractivity contribution is 0.479. The Morgan fingerprint density at radius 3 is 2.12 bits per heavy atom. The summed E-state index contributed by atoms with van der Waals surface area (Å²) < 4.78 is 0. The first-order chi connectivity index (χ1) is 3.93. The van der Waals surface area contributed by atoms with E-state index in [2.05, 4.69) is 5.43 Å². The Morgan fingerprint density at radius 1 is 1.12 bits per heavy atom. The van der Waals surface area contributed by atoms with Gasteiger partial charge in [0, 0.05) is 0 Å². The zero-order chi connectivity index (χ0) is 5.82. The van der Waals surface area contributed by atoms with Gasteiger partial charge in [-0.1, -0.05) is 19.3 Å². The van der Waals surface area contributed by atoms with E-state index in [4.69, 9.17) is 5.84 Å². The van der Waals surface area contributed by atoms with E-state index < -0.39 is 0 Å². The summed E-state index contributed by atoms with van der Waals surface area (Å²) in [5, 5.41) is 0. The van der Waals surface area contributed by atoms with Crippen LogP contribution in [0.3, 0.4) is 0 Å². The monoisotopic (exact) mass is 113 g/mol. The first kappa shape index (κ1) is 6.05. The van der Waals surface area contributed by atoms with E-state index in [9.17, 15) is 0 Å². The number of hydrogen-bond donors (Lipinski definition) is 2. The van der Waals surface area contributed by atoms with Crippen LogP contribution in [0.25, 0.3) is 0 Å². The second kappa shape index (κ2) is 3.05. The van der Waals surface area contributed by atoms with Gasteiger partial charge in [-0.3, -0.25) is 11.3 Å². The number of nitrogens with two attached hydrogens (primary N) is 1. The van der Waals surface area contributed by atoms with Gasteiger partial charge < -0.3 is 0 Å². The predicted molar refractivity (Wildman–Crippen MR) is 33.7 cm³/mol. The molecule has 0 aromatic heterocycles. The molecule has 1 fully saturated rings. The Labute approximate surface area is 50.4 Å². The first-order valence-electron chi connectivity index (χ1n) is 3.25. The third kappa shape index (κ3) is 1.46. The Kier molecular flexibility index (Phi) is 2.30. The molecule has 1 aliphatic rings. The summed E-state index contributed by atoms with van der Waals surface area (Å²) in [5.41, 5.74) is 2.72. The highest BCUT2D eigenvalue weighted by Crippen LogP contribution is 2.21. The van der Waals surface area contributed by atoms with E-state index in [0.29, 0.717) is 0 Å². The zero-order valence-corrected chi connectivity index (χ0v) is 5.11. The fourth-order valence-corrected chi connectivity index (χ4v) is 1.12. The molecule has 0 aromatic rings. The Hall–Kier alpha value is -0.0800. The van der Waals surface area contributed by atoms with Crippen molar-refractivity contribution in [3.05, 3.63) is 6.04 Å². The molecule has 0 heterocycles. The van der Waals surface area contributed by atoms with Gasteiger partial charge in [-0.2, -0.15) is 0 Å². The molecule has 0 unspecified atom stereocenters. The molecule has 0 amide bonds. The molecule has 1 aliphatic carbocycles. The molecule has 0 spiro atoms. The van der Waals surface area contributed by atoms with Crippen LogP contribution in [0.1, 0.15) is 32.1 Å². The highest BCUT2D eigenvalue weighted by molar-refractivity contribution is 4.86. The fraction of sp³-hybridized carbons (Fsp3) is 0.833. The van der Waals surface area contributed by atoms with E-state index >= 15 is 0 Å². The van der Waals surface area contributed by atoms with Crippen LogP contribution in [0.15, 0.2) is 0 Å². The fourth-order valence-electron chi connectivity index (χ4n) is 1.12. The molecule has 0 bridgehead atoms. The standard InChI is InChI=1S/C6H13N2/c7-8-6-4-2-1-3-5-6/h8H,1-5,7H2. The maximum Gasteiger partial charge on any atom is 0.0515 e. The van der Waals surface area contributed by atoms with Crippen molar-refractivity contribution in [2.45, 2.75) is 32.1 Å². The third-order valence-corrected chi connectivity index (χ3v) is 1.66. The van der Waals surface area contributed by atoms with Gasteiger partial charge in [0.1, 0.15) is 0 Å². The lowest BCUT2D eigenvalue weighted by Crippen LogP contribution is -2.29. The molecule has 1 radical (unpaired) electrons. The average molecular weight is 113 g/mol. The van der Waals surface area contributed by atoms with Gasteiger partial charge >= 0.3 is 0 Å². The molecule has 3 N–H and O–H groups in total. The van der Waals surface area contributed by atoms with E-state index in [1.54, 1.807) is 0 Å². The number of rotatable bonds is 1. The van der Waals surface area contributed by atoms with E-state index in [1.807, 2.05) is 0 Å². The van der Waals surface area contributed by atoms with E-state index in [0.717, 1.165) is 0 Å². The summed E-state index contributed by atoms with van der Waals surface area (Å²) in [4.78, 5) is 0. The normalized spacial score (nSPS) is 23.6. The summed E-state index contributed by atoms with van der Waals surface area (Å²) in [5.74, 6) is 5.22. The van der Waals surface area contributed by atoms with Gasteiger partial charge in [0.2, 0.25) is 0 Å². The summed E-state index contributed by atoms with van der Waals surface area (Å²) in [6.07, 6.45) is 6.40. The van der Waals surface area contributed by atoms with Crippen LogP contribution in [-0.2, 0) is 0 Å². The van der Waals surface area contributed by atoms with Crippen LogP contribution >= 0.6 is 0 Å². The van der Waals surface area contributed by atoms with Crippen LogP contribution in [0.2, 0.25) is 0 Å². The Bertz CT molecular complexity index is 57.5. The highest BCUT2D eigenvalue weighted by atomic mass is 15.2. The van der Waals surface area contributed by atoms with Crippen molar-refractivity contribution in [3.8, 4) is 0 Å².